The SMILES string of the molecule is CC(=O)NC1CCN(c2ccnc(Cl)c2)C1. The number of halogens is 1. The number of carbonyl (C=O) groups excluding carboxylic acids is 1. The first-order valence-corrected chi connectivity index (χ1v) is 5.66. The Labute approximate surface area is 99.6 Å². The number of hydrogen-bond donors (Lipinski definition) is 1. The minimum atomic E-state index is 0.0274. The van der Waals surface area contributed by atoms with E-state index in [1.165, 1.54) is 0 Å². The smallest absolute Gasteiger partial charge is 0.217 e. The average Bonchev–Trinajstić information content (AvgIpc) is 2.65. The van der Waals surface area contributed by atoms with Gasteiger partial charge >= 0.3 is 0 Å². The highest BCUT2D eigenvalue weighted by atomic mass is 35.5. The number of amides is 1. The zero-order valence-electron chi connectivity index (χ0n) is 9.11. The quantitative estimate of drug-likeness (QED) is 0.795. The fraction of sp³-hybridized carbons (Fsp3) is 0.455. The molecule has 1 N–H and O–H groups in total. The van der Waals surface area contributed by atoms with Gasteiger partial charge in [-0.05, 0) is 18.6 Å². The van der Waals surface area contributed by atoms with Crippen molar-refractivity contribution in [2.24, 2.45) is 0 Å². The van der Waals surface area contributed by atoms with Crippen LogP contribution in [0.1, 0.15) is 13.3 Å². The number of pyridine rings is 1. The van der Waals surface area contributed by atoms with Crippen LogP contribution in [-0.4, -0.2) is 30.0 Å². The maximum atomic E-state index is 10.9. The second-order valence-electron chi connectivity index (χ2n) is 3.97. The van der Waals surface area contributed by atoms with Crippen LogP contribution in [0, 0.1) is 0 Å². The van der Waals surface area contributed by atoms with E-state index in [4.69, 9.17) is 11.6 Å². The first-order chi connectivity index (χ1) is 7.65. The third-order valence-electron chi connectivity index (χ3n) is 2.67. The van der Waals surface area contributed by atoms with Crippen LogP contribution in [0.5, 0.6) is 0 Å². The van der Waals surface area contributed by atoms with E-state index in [0.717, 1.165) is 25.2 Å². The van der Waals surface area contributed by atoms with Crippen molar-refractivity contribution < 1.29 is 4.79 Å². The summed E-state index contributed by atoms with van der Waals surface area (Å²) in [6, 6.07) is 4.02. The summed E-state index contributed by atoms with van der Waals surface area (Å²) in [6.07, 6.45) is 2.67. The van der Waals surface area contributed by atoms with Crippen molar-refractivity contribution in [1.82, 2.24) is 10.3 Å². The molecule has 0 saturated carbocycles. The molecule has 1 fully saturated rings. The van der Waals surface area contributed by atoms with Gasteiger partial charge in [0.1, 0.15) is 5.15 Å². The summed E-state index contributed by atoms with van der Waals surface area (Å²) in [5, 5.41) is 3.43. The van der Waals surface area contributed by atoms with E-state index < -0.39 is 0 Å². The number of anilines is 1. The van der Waals surface area contributed by atoms with Crippen LogP contribution >= 0.6 is 11.6 Å². The molecule has 0 aliphatic carbocycles. The van der Waals surface area contributed by atoms with E-state index >= 15 is 0 Å². The van der Waals surface area contributed by atoms with Gasteiger partial charge in [0.05, 0.1) is 0 Å². The minimum Gasteiger partial charge on any atom is -0.369 e. The van der Waals surface area contributed by atoms with E-state index in [-0.39, 0.29) is 11.9 Å². The van der Waals surface area contributed by atoms with Crippen LogP contribution in [0.15, 0.2) is 18.3 Å². The molecule has 16 heavy (non-hydrogen) atoms. The molecule has 1 saturated heterocycles. The number of hydrogen-bond acceptors (Lipinski definition) is 3. The third-order valence-corrected chi connectivity index (χ3v) is 2.88. The Kier molecular flexibility index (Phi) is 3.29. The Balaban J connectivity index is 2.00. The van der Waals surface area contributed by atoms with Gasteiger partial charge in [0.2, 0.25) is 5.91 Å². The fourth-order valence-electron chi connectivity index (χ4n) is 1.99. The lowest BCUT2D eigenvalue weighted by Gasteiger charge is -2.18. The maximum absolute atomic E-state index is 10.9. The van der Waals surface area contributed by atoms with E-state index in [2.05, 4.69) is 15.2 Å². The highest BCUT2D eigenvalue weighted by Gasteiger charge is 2.23. The number of rotatable bonds is 2. The van der Waals surface area contributed by atoms with E-state index in [9.17, 15) is 4.79 Å². The van der Waals surface area contributed by atoms with Crippen LogP contribution in [0.3, 0.4) is 0 Å². The molecule has 86 valence electrons. The van der Waals surface area contributed by atoms with Crippen LogP contribution in [0.4, 0.5) is 5.69 Å². The molecular formula is C11H14ClN3O. The minimum absolute atomic E-state index is 0.0274. The van der Waals surface area contributed by atoms with E-state index in [1.54, 1.807) is 13.1 Å². The summed E-state index contributed by atoms with van der Waals surface area (Å²) in [7, 11) is 0. The molecule has 1 aliphatic heterocycles. The first-order valence-electron chi connectivity index (χ1n) is 5.29. The lowest BCUT2D eigenvalue weighted by Crippen LogP contribution is -2.35. The van der Waals surface area contributed by atoms with Gasteiger partial charge in [-0.3, -0.25) is 4.79 Å². The van der Waals surface area contributed by atoms with Gasteiger partial charge in [-0.1, -0.05) is 11.6 Å². The Morgan fingerprint density at radius 1 is 1.69 bits per heavy atom. The molecule has 1 aromatic rings. The highest BCUT2D eigenvalue weighted by molar-refractivity contribution is 6.29. The van der Waals surface area contributed by atoms with E-state index in [1.807, 2.05) is 12.1 Å². The fourth-order valence-corrected chi connectivity index (χ4v) is 2.16. The highest BCUT2D eigenvalue weighted by Crippen LogP contribution is 2.21. The van der Waals surface area contributed by atoms with Crippen molar-refractivity contribution in [3.8, 4) is 0 Å². The summed E-state index contributed by atoms with van der Waals surface area (Å²) < 4.78 is 0. The maximum Gasteiger partial charge on any atom is 0.217 e. The molecule has 0 aromatic carbocycles. The number of aromatic nitrogens is 1. The number of nitrogens with zero attached hydrogens (tertiary/aromatic N) is 2. The van der Waals surface area contributed by atoms with Crippen LogP contribution < -0.4 is 10.2 Å². The van der Waals surface area contributed by atoms with Gasteiger partial charge in [0.25, 0.3) is 0 Å². The van der Waals surface area contributed by atoms with Gasteiger partial charge in [-0.25, -0.2) is 4.98 Å². The molecule has 1 atom stereocenters. The monoisotopic (exact) mass is 239 g/mol. The van der Waals surface area contributed by atoms with Crippen molar-refractivity contribution >= 4 is 23.2 Å². The van der Waals surface area contributed by atoms with Gasteiger partial charge in [0, 0.05) is 37.9 Å². The predicted octanol–water partition coefficient (Wildman–Crippen LogP) is 1.45. The van der Waals surface area contributed by atoms with Crippen molar-refractivity contribution in [1.29, 1.82) is 0 Å². The normalized spacial score (nSPS) is 19.9. The van der Waals surface area contributed by atoms with Crippen molar-refractivity contribution in [2.45, 2.75) is 19.4 Å². The van der Waals surface area contributed by atoms with Gasteiger partial charge in [-0.2, -0.15) is 0 Å². The van der Waals surface area contributed by atoms with Gasteiger partial charge in [-0.15, -0.1) is 0 Å². The standard InChI is InChI=1S/C11H14ClN3O/c1-8(16)14-9-3-5-15(7-9)10-2-4-13-11(12)6-10/h2,4,6,9H,3,5,7H2,1H3,(H,14,16). The lowest BCUT2D eigenvalue weighted by atomic mass is 10.2. The Bertz CT molecular complexity index is 397. The second-order valence-corrected chi connectivity index (χ2v) is 4.36. The molecule has 2 heterocycles. The van der Waals surface area contributed by atoms with Crippen molar-refractivity contribution in [3.63, 3.8) is 0 Å². The largest absolute Gasteiger partial charge is 0.369 e. The van der Waals surface area contributed by atoms with Crippen LogP contribution in [0.25, 0.3) is 0 Å². The molecular weight excluding hydrogens is 226 g/mol. The van der Waals surface area contributed by atoms with Crippen molar-refractivity contribution in [3.05, 3.63) is 23.5 Å². The Hall–Kier alpha value is -1.29. The second kappa shape index (κ2) is 4.70. The lowest BCUT2D eigenvalue weighted by molar-refractivity contribution is -0.119. The van der Waals surface area contributed by atoms with Gasteiger partial charge < -0.3 is 10.2 Å². The number of nitrogens with one attached hydrogen (secondary N) is 1. The molecule has 0 radical (unpaired) electrons. The zero-order chi connectivity index (χ0) is 11.5. The summed E-state index contributed by atoms with van der Waals surface area (Å²) in [5.41, 5.74) is 1.06. The van der Waals surface area contributed by atoms with Gasteiger partial charge in [0.15, 0.2) is 0 Å². The van der Waals surface area contributed by atoms with Crippen LogP contribution in [-0.2, 0) is 4.79 Å². The summed E-state index contributed by atoms with van der Waals surface area (Å²) in [6.45, 7) is 3.32. The summed E-state index contributed by atoms with van der Waals surface area (Å²) in [4.78, 5) is 17.1. The predicted molar refractivity (Wildman–Crippen MR) is 63.7 cm³/mol. The van der Waals surface area contributed by atoms with E-state index in [0.29, 0.717) is 5.15 Å². The molecule has 4 nitrogen and oxygen atoms in total. The average molecular weight is 240 g/mol. The summed E-state index contributed by atoms with van der Waals surface area (Å²) >= 11 is 5.84. The Morgan fingerprint density at radius 3 is 3.19 bits per heavy atom. The number of carbonyl (C=O) groups is 1. The molecule has 5 heteroatoms. The molecule has 0 bridgehead atoms. The molecule has 1 unspecified atom stereocenters. The van der Waals surface area contributed by atoms with Crippen molar-refractivity contribution in [2.75, 3.05) is 18.0 Å². The molecule has 0 spiro atoms. The molecule has 1 aromatic heterocycles. The molecule has 1 aliphatic rings. The topological polar surface area (TPSA) is 45.2 Å². The third kappa shape index (κ3) is 2.64. The van der Waals surface area contributed by atoms with Crippen LogP contribution in [0.2, 0.25) is 5.15 Å². The Morgan fingerprint density at radius 2 is 2.50 bits per heavy atom. The summed E-state index contributed by atoms with van der Waals surface area (Å²) in [5.74, 6) is 0.0274. The molecule has 1 amide bonds. The molecule has 2 rings (SSSR count). The first kappa shape index (κ1) is 11.2. The zero-order valence-corrected chi connectivity index (χ0v) is 9.87.